The Morgan fingerprint density at radius 1 is 0.404 bits per heavy atom. The van der Waals surface area contributed by atoms with E-state index in [1.807, 2.05) is 0 Å². The van der Waals surface area contributed by atoms with Gasteiger partial charge in [-0.3, -0.25) is 0 Å². The fourth-order valence-electron chi connectivity index (χ4n) is 9.67. The van der Waals surface area contributed by atoms with Crippen molar-refractivity contribution in [3.05, 3.63) is 206 Å². The molecule has 3 heterocycles. The third-order valence-corrected chi connectivity index (χ3v) is 12.2. The van der Waals surface area contributed by atoms with Crippen LogP contribution in [0.4, 0.5) is 17.1 Å². The van der Waals surface area contributed by atoms with Crippen molar-refractivity contribution in [1.29, 1.82) is 0 Å². The van der Waals surface area contributed by atoms with Gasteiger partial charge in [-0.05, 0) is 65.6 Å². The summed E-state index contributed by atoms with van der Waals surface area (Å²) in [6.45, 7) is 0. The van der Waals surface area contributed by atoms with Gasteiger partial charge in [-0.2, -0.15) is 0 Å². The van der Waals surface area contributed by atoms with Crippen molar-refractivity contribution in [3.8, 4) is 22.3 Å². The molecule has 0 amide bonds. The van der Waals surface area contributed by atoms with Gasteiger partial charge in [0.1, 0.15) is 0 Å². The number of nitrogens with zero attached hydrogens (tertiary/aromatic N) is 3. The van der Waals surface area contributed by atoms with E-state index in [1.165, 1.54) is 82.2 Å². The first kappa shape index (κ1) is 31.9. The number of anilines is 3. The number of para-hydroxylation sites is 5. The van der Waals surface area contributed by atoms with Gasteiger partial charge >= 0.3 is 0 Å². The highest BCUT2D eigenvalue weighted by atomic mass is 15.2. The number of rotatable bonds is 6. The zero-order chi connectivity index (χ0) is 37.5. The van der Waals surface area contributed by atoms with Crippen LogP contribution in [0.15, 0.2) is 206 Å². The van der Waals surface area contributed by atoms with Crippen LogP contribution in [-0.4, -0.2) is 8.97 Å². The molecule has 3 aromatic heterocycles. The fraction of sp³-hybridized carbons (Fsp3) is 0.0370. The molecule has 0 saturated carbocycles. The maximum Gasteiger partial charge on any atom is 0.0782 e. The zero-order valence-electron chi connectivity index (χ0n) is 31.3. The van der Waals surface area contributed by atoms with Gasteiger partial charge in [0.15, 0.2) is 0 Å². The average Bonchev–Trinajstić information content (AvgIpc) is 3.93. The van der Waals surface area contributed by atoms with Crippen LogP contribution < -0.4 is 4.90 Å². The van der Waals surface area contributed by atoms with Crippen molar-refractivity contribution in [2.24, 2.45) is 0 Å². The molecule has 0 saturated heterocycles. The first-order valence-corrected chi connectivity index (χ1v) is 19.9. The van der Waals surface area contributed by atoms with Crippen LogP contribution in [0.3, 0.4) is 0 Å². The molecule has 12 rings (SSSR count). The van der Waals surface area contributed by atoms with E-state index in [0.717, 1.165) is 23.5 Å². The van der Waals surface area contributed by atoms with Gasteiger partial charge in [0, 0.05) is 54.8 Å². The molecule has 57 heavy (non-hydrogen) atoms. The van der Waals surface area contributed by atoms with Crippen LogP contribution in [0.5, 0.6) is 0 Å². The van der Waals surface area contributed by atoms with E-state index in [9.17, 15) is 0 Å². The molecule has 1 aliphatic rings. The molecule has 0 aliphatic heterocycles. The van der Waals surface area contributed by atoms with Crippen LogP contribution in [-0.2, 0) is 0 Å². The maximum absolute atomic E-state index is 2.56. The summed E-state index contributed by atoms with van der Waals surface area (Å²) in [5, 5.41) is 7.70. The van der Waals surface area contributed by atoms with Gasteiger partial charge < -0.3 is 13.9 Å². The second-order valence-electron chi connectivity index (χ2n) is 15.2. The lowest BCUT2D eigenvalue weighted by molar-refractivity contribution is 0.648. The summed E-state index contributed by atoms with van der Waals surface area (Å²) in [6, 6.07) is 67.2. The van der Waals surface area contributed by atoms with Crippen molar-refractivity contribution in [3.63, 3.8) is 0 Å². The van der Waals surface area contributed by atoms with E-state index < -0.39 is 0 Å². The predicted molar refractivity (Wildman–Crippen MR) is 242 cm³/mol. The molecule has 11 aromatic rings. The van der Waals surface area contributed by atoms with E-state index in [0.29, 0.717) is 0 Å². The first-order valence-electron chi connectivity index (χ1n) is 19.9. The second-order valence-corrected chi connectivity index (χ2v) is 15.2. The highest BCUT2D eigenvalue weighted by Crippen LogP contribution is 2.47. The SMILES string of the molecule is C1=CCC(n2c3ccccc3c3cccc(-c4ccc(N(c5ccc(-c6ccccc6)cc5)c5cccc6c7cccc8c9ccccc9n(c56)c87)cc4)c32)C=C1. The highest BCUT2D eigenvalue weighted by Gasteiger charge is 2.24. The van der Waals surface area contributed by atoms with Crippen LogP contribution in [0.2, 0.25) is 0 Å². The lowest BCUT2D eigenvalue weighted by Gasteiger charge is -2.27. The van der Waals surface area contributed by atoms with Crippen molar-refractivity contribution in [2.45, 2.75) is 12.5 Å². The summed E-state index contributed by atoms with van der Waals surface area (Å²) in [6.07, 6.45) is 9.94. The normalized spacial score (nSPS) is 14.3. The largest absolute Gasteiger partial charge is 0.333 e. The molecule has 0 radical (unpaired) electrons. The van der Waals surface area contributed by atoms with Gasteiger partial charge in [0.25, 0.3) is 0 Å². The summed E-state index contributed by atoms with van der Waals surface area (Å²) >= 11 is 0. The van der Waals surface area contributed by atoms with E-state index >= 15 is 0 Å². The van der Waals surface area contributed by atoms with E-state index in [1.54, 1.807) is 0 Å². The Labute approximate surface area is 330 Å². The lowest BCUT2D eigenvalue weighted by atomic mass is 10.0. The first-order chi connectivity index (χ1) is 28.3. The fourth-order valence-corrected chi connectivity index (χ4v) is 9.67. The van der Waals surface area contributed by atoms with Gasteiger partial charge in [0.2, 0.25) is 0 Å². The molecular formula is C54H37N3. The minimum absolute atomic E-state index is 0.257. The third kappa shape index (κ3) is 4.79. The molecule has 1 aliphatic carbocycles. The van der Waals surface area contributed by atoms with E-state index in [2.05, 4.69) is 220 Å². The molecule has 3 nitrogen and oxygen atoms in total. The molecule has 1 unspecified atom stereocenters. The smallest absolute Gasteiger partial charge is 0.0782 e. The van der Waals surface area contributed by atoms with Crippen molar-refractivity contribution >= 4 is 77.0 Å². The molecular weight excluding hydrogens is 691 g/mol. The van der Waals surface area contributed by atoms with Gasteiger partial charge in [0.05, 0.1) is 33.8 Å². The Balaban J connectivity index is 1.07. The monoisotopic (exact) mass is 727 g/mol. The van der Waals surface area contributed by atoms with Crippen LogP contribution in [0.25, 0.3) is 82.2 Å². The van der Waals surface area contributed by atoms with Gasteiger partial charge in [-0.15, -0.1) is 0 Å². The standard InChI is InChI=1S/C54H37N3/c1-3-14-36(15-4-1)37-28-32-40(33-29-37)55(51-27-13-24-48-47-23-12-22-46-44-19-8-10-26-50(44)57(53(46)47)54(48)51)41-34-30-38(31-35-41)42-20-11-21-45-43-18-7-9-25-49(43)56(52(42)45)39-16-5-2-6-17-39/h1-16,18-35,39H,17H2. The average molecular weight is 728 g/mol. The minimum Gasteiger partial charge on any atom is -0.333 e. The summed E-state index contributed by atoms with van der Waals surface area (Å²) in [4.78, 5) is 2.45. The Hall–Kier alpha value is -7.36. The summed E-state index contributed by atoms with van der Waals surface area (Å²) in [5.41, 5.74) is 14.5. The summed E-state index contributed by atoms with van der Waals surface area (Å²) < 4.78 is 5.06. The van der Waals surface area contributed by atoms with Crippen LogP contribution in [0, 0.1) is 0 Å². The molecule has 3 heteroatoms. The summed E-state index contributed by atoms with van der Waals surface area (Å²) in [7, 11) is 0. The Bertz CT molecular complexity index is 3360. The molecule has 0 bridgehead atoms. The lowest BCUT2D eigenvalue weighted by Crippen LogP contribution is -2.11. The topological polar surface area (TPSA) is 12.6 Å². The van der Waals surface area contributed by atoms with Gasteiger partial charge in [-0.1, -0.05) is 164 Å². The zero-order valence-corrected chi connectivity index (χ0v) is 31.3. The minimum atomic E-state index is 0.257. The van der Waals surface area contributed by atoms with Crippen molar-refractivity contribution in [1.82, 2.24) is 8.97 Å². The van der Waals surface area contributed by atoms with E-state index in [-0.39, 0.29) is 6.04 Å². The van der Waals surface area contributed by atoms with Crippen LogP contribution >= 0.6 is 0 Å². The maximum atomic E-state index is 2.56. The van der Waals surface area contributed by atoms with E-state index in [4.69, 9.17) is 0 Å². The number of fused-ring (bicyclic) bond motifs is 9. The van der Waals surface area contributed by atoms with Crippen molar-refractivity contribution < 1.29 is 0 Å². The molecule has 268 valence electrons. The molecule has 1 atom stereocenters. The predicted octanol–water partition coefficient (Wildman–Crippen LogP) is 14.8. The molecule has 8 aromatic carbocycles. The quantitative estimate of drug-likeness (QED) is 0.166. The second kappa shape index (κ2) is 12.6. The van der Waals surface area contributed by atoms with Crippen molar-refractivity contribution in [2.75, 3.05) is 4.90 Å². The Morgan fingerprint density at radius 3 is 1.67 bits per heavy atom. The number of benzene rings is 8. The number of hydrogen-bond acceptors (Lipinski definition) is 1. The number of hydrogen-bond donors (Lipinski definition) is 0. The Kier molecular flexibility index (Phi) is 7.05. The molecule has 0 spiro atoms. The summed E-state index contributed by atoms with van der Waals surface area (Å²) in [5.74, 6) is 0. The third-order valence-electron chi connectivity index (χ3n) is 12.2. The van der Waals surface area contributed by atoms with Crippen LogP contribution in [0.1, 0.15) is 12.5 Å². The highest BCUT2D eigenvalue weighted by molar-refractivity contribution is 6.25. The Morgan fingerprint density at radius 2 is 0.947 bits per heavy atom. The number of allylic oxidation sites excluding steroid dienone is 4. The van der Waals surface area contributed by atoms with Gasteiger partial charge in [-0.25, -0.2) is 0 Å². The molecule has 0 fully saturated rings. The number of aromatic nitrogens is 2. The molecule has 0 N–H and O–H groups in total.